The number of hydrogen-bond acceptors (Lipinski definition) is 6. The lowest BCUT2D eigenvalue weighted by Crippen LogP contribution is -2.37. The average molecular weight is 345 g/mol. The van der Waals surface area contributed by atoms with E-state index in [0.29, 0.717) is 12.2 Å². The molecule has 25 heavy (non-hydrogen) atoms. The first kappa shape index (κ1) is 20.5. The van der Waals surface area contributed by atoms with E-state index in [4.69, 9.17) is 10.5 Å². The Labute approximate surface area is 150 Å². The summed E-state index contributed by atoms with van der Waals surface area (Å²) in [6.45, 7) is 6.98. The number of hydrogen-bond donors (Lipinski definition) is 3. The lowest BCUT2D eigenvalue weighted by molar-refractivity contribution is 0.305. The molecule has 1 aromatic rings. The molecule has 4 N–H and O–H groups in total. The first-order chi connectivity index (χ1) is 12.1. The van der Waals surface area contributed by atoms with Gasteiger partial charge in [0.25, 0.3) is 0 Å². The van der Waals surface area contributed by atoms with E-state index in [1.54, 1.807) is 7.11 Å². The number of anilines is 2. The highest BCUT2D eigenvalue weighted by atomic mass is 16.5. The summed E-state index contributed by atoms with van der Waals surface area (Å²) in [7, 11) is 3.58. The van der Waals surface area contributed by atoms with Crippen molar-refractivity contribution in [2.45, 2.75) is 40.0 Å². The van der Waals surface area contributed by atoms with Crippen LogP contribution >= 0.6 is 0 Å². The van der Waals surface area contributed by atoms with E-state index in [1.807, 2.05) is 32.2 Å². The van der Waals surface area contributed by atoms with Crippen LogP contribution in [0.1, 0.15) is 40.0 Å². The Morgan fingerprint density at radius 3 is 2.60 bits per heavy atom. The number of rotatable bonds is 9. The number of ether oxygens (including phenoxy) is 1. The second kappa shape index (κ2) is 11.1. The van der Waals surface area contributed by atoms with E-state index in [9.17, 15) is 0 Å². The lowest BCUT2D eigenvalue weighted by Gasteiger charge is -2.11. The molecule has 0 aliphatic heterocycles. The number of aromatic nitrogens is 2. The van der Waals surface area contributed by atoms with Crippen LogP contribution in [0.3, 0.4) is 0 Å². The molecule has 0 saturated carbocycles. The molecular formula is C19H31N5O. The molecule has 138 valence electrons. The maximum absolute atomic E-state index is 6.04. The van der Waals surface area contributed by atoms with Gasteiger partial charge in [0.2, 0.25) is 0 Å². The minimum atomic E-state index is 0.430. The molecule has 0 amide bonds. The van der Waals surface area contributed by atoms with Gasteiger partial charge in [-0.25, -0.2) is 0 Å². The van der Waals surface area contributed by atoms with Crippen LogP contribution in [0.5, 0.6) is 0 Å². The van der Waals surface area contributed by atoms with Crippen molar-refractivity contribution in [2.75, 3.05) is 31.8 Å². The van der Waals surface area contributed by atoms with Gasteiger partial charge in [-0.3, -0.25) is 0 Å². The maximum atomic E-state index is 6.04. The Morgan fingerprint density at radius 1 is 1.28 bits per heavy atom. The summed E-state index contributed by atoms with van der Waals surface area (Å²) >= 11 is 0. The van der Waals surface area contributed by atoms with Gasteiger partial charge in [0, 0.05) is 36.1 Å². The number of nitrogens with zero attached hydrogens (tertiary/aromatic N) is 2. The highest BCUT2D eigenvalue weighted by molar-refractivity contribution is 5.57. The molecule has 0 aromatic carbocycles. The summed E-state index contributed by atoms with van der Waals surface area (Å²) in [4.78, 5) is 0. The lowest BCUT2D eigenvalue weighted by atomic mass is 10.1. The number of methoxy groups -OCH3 is 1. The van der Waals surface area contributed by atoms with Gasteiger partial charge < -0.3 is 21.1 Å². The molecular weight excluding hydrogens is 314 g/mol. The normalized spacial score (nSPS) is 14.0. The second-order valence-corrected chi connectivity index (χ2v) is 5.49. The highest BCUT2D eigenvalue weighted by Crippen LogP contribution is 2.05. The Balaban J connectivity index is 3.40. The van der Waals surface area contributed by atoms with E-state index in [1.165, 1.54) is 0 Å². The summed E-state index contributed by atoms with van der Waals surface area (Å²) in [6, 6.07) is 0. The SMILES string of the molecule is C/C=c1/c(N)nnc(NCCC)/c1=C(/C/C=C\C(=C/CC)OC)NC. The Hall–Kier alpha value is -2.50. The van der Waals surface area contributed by atoms with Crippen molar-refractivity contribution in [1.82, 2.24) is 15.5 Å². The first-order valence-electron chi connectivity index (χ1n) is 8.76. The average Bonchev–Trinajstić information content (AvgIpc) is 2.63. The molecule has 0 spiro atoms. The molecule has 1 aromatic heterocycles. The van der Waals surface area contributed by atoms with Gasteiger partial charge in [0.1, 0.15) is 5.76 Å². The Kier molecular flexibility index (Phi) is 9.14. The smallest absolute Gasteiger partial charge is 0.158 e. The van der Waals surface area contributed by atoms with Crippen LogP contribution in [0.2, 0.25) is 0 Å². The van der Waals surface area contributed by atoms with Crippen LogP contribution < -0.4 is 26.8 Å². The third-order valence-corrected chi connectivity index (χ3v) is 3.72. The zero-order valence-electron chi connectivity index (χ0n) is 16.0. The fourth-order valence-corrected chi connectivity index (χ4v) is 2.47. The molecule has 0 unspecified atom stereocenters. The largest absolute Gasteiger partial charge is 0.497 e. The maximum Gasteiger partial charge on any atom is 0.158 e. The first-order valence-corrected chi connectivity index (χ1v) is 8.76. The van der Waals surface area contributed by atoms with E-state index >= 15 is 0 Å². The van der Waals surface area contributed by atoms with Crippen molar-refractivity contribution in [1.29, 1.82) is 0 Å². The number of nitrogen functional groups attached to an aromatic ring is 1. The van der Waals surface area contributed by atoms with Crippen molar-refractivity contribution >= 4 is 23.4 Å². The van der Waals surface area contributed by atoms with Gasteiger partial charge in [-0.1, -0.05) is 26.0 Å². The molecule has 6 nitrogen and oxygen atoms in total. The third-order valence-electron chi connectivity index (χ3n) is 3.72. The van der Waals surface area contributed by atoms with Gasteiger partial charge in [0.15, 0.2) is 11.6 Å². The Bertz CT molecular complexity index is 722. The number of nitrogens with two attached hydrogens (primary N) is 1. The molecule has 1 heterocycles. The predicted octanol–water partition coefficient (Wildman–Crippen LogP) is 1.90. The van der Waals surface area contributed by atoms with Crippen molar-refractivity contribution < 1.29 is 4.74 Å². The van der Waals surface area contributed by atoms with Crippen LogP contribution in [-0.4, -0.2) is 30.9 Å². The fourth-order valence-electron chi connectivity index (χ4n) is 2.47. The molecule has 0 saturated heterocycles. The molecule has 0 fully saturated rings. The second-order valence-electron chi connectivity index (χ2n) is 5.49. The summed E-state index contributed by atoms with van der Waals surface area (Å²) in [5.74, 6) is 2.04. The molecule has 0 bridgehead atoms. The van der Waals surface area contributed by atoms with Gasteiger partial charge in [-0.15, -0.1) is 10.2 Å². The van der Waals surface area contributed by atoms with Crippen molar-refractivity contribution in [2.24, 2.45) is 0 Å². The minimum absolute atomic E-state index is 0.430. The molecule has 0 atom stereocenters. The minimum Gasteiger partial charge on any atom is -0.497 e. The summed E-state index contributed by atoms with van der Waals surface area (Å²) in [5, 5.41) is 16.8. The topological polar surface area (TPSA) is 85.1 Å². The zero-order chi connectivity index (χ0) is 18.7. The molecule has 0 radical (unpaired) electrons. The Morgan fingerprint density at radius 2 is 2.04 bits per heavy atom. The van der Waals surface area contributed by atoms with Crippen molar-refractivity contribution in [3.05, 3.63) is 34.4 Å². The van der Waals surface area contributed by atoms with Crippen molar-refractivity contribution in [3.8, 4) is 0 Å². The summed E-state index contributed by atoms with van der Waals surface area (Å²) in [6.07, 6.45) is 10.7. The quantitative estimate of drug-likeness (QED) is 0.468. The zero-order valence-corrected chi connectivity index (χ0v) is 16.0. The summed E-state index contributed by atoms with van der Waals surface area (Å²) in [5.41, 5.74) is 7.06. The van der Waals surface area contributed by atoms with Gasteiger partial charge in [-0.05, 0) is 31.9 Å². The standard InChI is InChI=1S/C19H31N5O/c1-6-10-14(25-5)11-9-12-16(21-4)17-15(8-3)18(20)23-24-19(17)22-13-7-2/h8-11,21H,6-7,12-13H2,1-5H3,(H2,20,23)(H,22,24)/b11-9-,14-10+,15-8+,17-16-. The van der Waals surface area contributed by atoms with Gasteiger partial charge in [0.05, 0.1) is 7.11 Å². The highest BCUT2D eigenvalue weighted by Gasteiger charge is 2.07. The third kappa shape index (κ3) is 5.81. The van der Waals surface area contributed by atoms with Crippen LogP contribution in [0.25, 0.3) is 11.8 Å². The van der Waals surface area contributed by atoms with Crippen molar-refractivity contribution in [3.63, 3.8) is 0 Å². The summed E-state index contributed by atoms with van der Waals surface area (Å²) < 4.78 is 5.34. The van der Waals surface area contributed by atoms with Crippen LogP contribution in [0.4, 0.5) is 11.6 Å². The monoisotopic (exact) mass is 345 g/mol. The number of allylic oxidation sites excluding steroid dienone is 2. The molecule has 0 aliphatic rings. The van der Waals surface area contributed by atoms with E-state index in [-0.39, 0.29) is 0 Å². The van der Waals surface area contributed by atoms with E-state index in [0.717, 1.165) is 47.1 Å². The van der Waals surface area contributed by atoms with Gasteiger partial charge in [-0.2, -0.15) is 0 Å². The molecule has 6 heteroatoms. The van der Waals surface area contributed by atoms with Gasteiger partial charge >= 0.3 is 0 Å². The molecule has 0 aliphatic carbocycles. The van der Waals surface area contributed by atoms with E-state index < -0.39 is 0 Å². The fraction of sp³-hybridized carbons (Fsp3) is 0.474. The van der Waals surface area contributed by atoms with Crippen LogP contribution in [0.15, 0.2) is 24.0 Å². The van der Waals surface area contributed by atoms with E-state index in [2.05, 4.69) is 40.8 Å². The predicted molar refractivity (Wildman–Crippen MR) is 106 cm³/mol. The molecule has 1 rings (SSSR count). The van der Waals surface area contributed by atoms with Crippen LogP contribution in [0, 0.1) is 0 Å². The number of nitrogens with one attached hydrogen (secondary N) is 2. The van der Waals surface area contributed by atoms with Crippen LogP contribution in [-0.2, 0) is 4.74 Å².